The van der Waals surface area contributed by atoms with E-state index in [1.807, 2.05) is 25.1 Å². The second-order valence-corrected chi connectivity index (χ2v) is 7.86. The third-order valence-corrected chi connectivity index (χ3v) is 5.84. The Bertz CT molecular complexity index is 862. The summed E-state index contributed by atoms with van der Waals surface area (Å²) in [6.45, 7) is 3.30. The second-order valence-electron chi connectivity index (χ2n) is 7.54. The van der Waals surface area contributed by atoms with Crippen molar-refractivity contribution in [3.8, 4) is 11.5 Å². The zero-order valence-corrected chi connectivity index (χ0v) is 16.9. The van der Waals surface area contributed by atoms with Crippen LogP contribution in [-0.2, 0) is 23.2 Å². The van der Waals surface area contributed by atoms with Crippen molar-refractivity contribution in [2.24, 2.45) is 0 Å². The van der Waals surface area contributed by atoms with E-state index in [2.05, 4.69) is 24.3 Å². The molecule has 0 bridgehead atoms. The van der Waals surface area contributed by atoms with Crippen LogP contribution in [0.3, 0.4) is 0 Å². The number of hydrogen-bond donors (Lipinski definition) is 0. The maximum Gasteiger partial charge on any atom is 0.316 e. The monoisotopic (exact) mass is 401 g/mol. The molecule has 1 unspecified atom stereocenters. The van der Waals surface area contributed by atoms with Gasteiger partial charge >= 0.3 is 5.37 Å². The van der Waals surface area contributed by atoms with Crippen molar-refractivity contribution in [3.05, 3.63) is 59.2 Å². The highest BCUT2D eigenvalue weighted by molar-refractivity contribution is 6.62. The summed E-state index contributed by atoms with van der Waals surface area (Å²) >= 11 is 5.69. The van der Waals surface area contributed by atoms with Crippen molar-refractivity contribution in [2.45, 2.75) is 31.5 Å². The minimum Gasteiger partial charge on any atom is -0.493 e. The van der Waals surface area contributed by atoms with E-state index >= 15 is 0 Å². The molecule has 1 saturated heterocycles. The predicted octanol–water partition coefficient (Wildman–Crippen LogP) is 4.15. The Kier molecular flexibility index (Phi) is 5.21. The molecule has 1 aliphatic carbocycles. The van der Waals surface area contributed by atoms with Crippen molar-refractivity contribution in [3.63, 3.8) is 0 Å². The molecule has 0 spiro atoms. The number of rotatable bonds is 4. The zero-order valence-electron chi connectivity index (χ0n) is 16.1. The van der Waals surface area contributed by atoms with Gasteiger partial charge in [0, 0.05) is 19.4 Å². The van der Waals surface area contributed by atoms with Gasteiger partial charge < -0.3 is 19.1 Å². The van der Waals surface area contributed by atoms with Crippen LogP contribution in [0.4, 0.5) is 4.79 Å². The van der Waals surface area contributed by atoms with Crippen LogP contribution < -0.4 is 9.47 Å². The summed E-state index contributed by atoms with van der Waals surface area (Å²) in [6, 6.07) is 14.2. The Morgan fingerprint density at radius 1 is 1.18 bits per heavy atom. The maximum absolute atomic E-state index is 11.6. The predicted molar refractivity (Wildman–Crippen MR) is 107 cm³/mol. The van der Waals surface area contributed by atoms with Crippen LogP contribution in [0, 0.1) is 0 Å². The standard InChI is InChI=1S/C22H24ClNO4/c1-22(14-24(21(23)25)9-10-27-22)17-7-8-19(26-2)20(13-17)28-18-11-15-5-3-4-6-16(15)12-18/h3-8,13,18H,9-12,14H2,1-2H3. The van der Waals surface area contributed by atoms with E-state index in [1.54, 1.807) is 12.0 Å². The van der Waals surface area contributed by atoms with Crippen molar-refractivity contribution >= 4 is 17.0 Å². The van der Waals surface area contributed by atoms with E-state index in [0.717, 1.165) is 18.4 Å². The normalized spacial score (nSPS) is 22.0. The fourth-order valence-corrected chi connectivity index (χ4v) is 4.22. The van der Waals surface area contributed by atoms with Crippen LogP contribution >= 0.6 is 11.6 Å². The molecular formula is C22H24ClNO4. The Labute approximate surface area is 170 Å². The first-order valence-electron chi connectivity index (χ1n) is 9.49. The number of fused-ring (bicyclic) bond motifs is 1. The topological polar surface area (TPSA) is 48.0 Å². The van der Waals surface area contributed by atoms with Gasteiger partial charge in [-0.05, 0) is 47.3 Å². The van der Waals surface area contributed by atoms with Gasteiger partial charge in [-0.3, -0.25) is 4.79 Å². The number of hydrogen-bond acceptors (Lipinski definition) is 4. The fourth-order valence-electron chi connectivity index (χ4n) is 4.07. The van der Waals surface area contributed by atoms with Gasteiger partial charge in [-0.25, -0.2) is 0 Å². The number of ether oxygens (including phenoxy) is 3. The largest absolute Gasteiger partial charge is 0.493 e. The Morgan fingerprint density at radius 3 is 2.54 bits per heavy atom. The molecule has 0 saturated carbocycles. The summed E-state index contributed by atoms with van der Waals surface area (Å²) in [7, 11) is 1.64. The van der Waals surface area contributed by atoms with Crippen molar-refractivity contribution in [2.75, 3.05) is 26.8 Å². The van der Waals surface area contributed by atoms with E-state index in [1.165, 1.54) is 11.1 Å². The maximum atomic E-state index is 11.6. The number of carbonyl (C=O) groups is 1. The third kappa shape index (κ3) is 3.69. The number of nitrogens with zero attached hydrogens (tertiary/aromatic N) is 1. The van der Waals surface area contributed by atoms with Crippen LogP contribution in [-0.4, -0.2) is 43.2 Å². The van der Waals surface area contributed by atoms with Gasteiger partial charge in [-0.2, -0.15) is 0 Å². The molecule has 1 aliphatic heterocycles. The molecule has 28 heavy (non-hydrogen) atoms. The van der Waals surface area contributed by atoms with Crippen LogP contribution in [0.1, 0.15) is 23.6 Å². The number of methoxy groups -OCH3 is 1. The summed E-state index contributed by atoms with van der Waals surface area (Å²) in [5.74, 6) is 1.38. The number of amides is 1. The molecule has 1 atom stereocenters. The lowest BCUT2D eigenvalue weighted by Crippen LogP contribution is -2.49. The smallest absolute Gasteiger partial charge is 0.316 e. The molecular weight excluding hydrogens is 378 g/mol. The number of carbonyl (C=O) groups excluding carboxylic acids is 1. The van der Waals surface area contributed by atoms with E-state index in [4.69, 9.17) is 25.8 Å². The summed E-state index contributed by atoms with van der Waals surface area (Å²) in [5, 5.41) is -0.455. The van der Waals surface area contributed by atoms with Crippen LogP contribution in [0.5, 0.6) is 11.5 Å². The van der Waals surface area contributed by atoms with Crippen LogP contribution in [0.25, 0.3) is 0 Å². The Hall–Kier alpha value is -2.24. The Balaban J connectivity index is 1.57. The molecule has 2 aromatic carbocycles. The van der Waals surface area contributed by atoms with Gasteiger partial charge in [0.2, 0.25) is 0 Å². The third-order valence-electron chi connectivity index (χ3n) is 5.60. The SMILES string of the molecule is COc1ccc(C2(C)CN(C(=O)Cl)CCO2)cc1OC1Cc2ccccc2C1. The molecule has 2 aromatic rings. The molecule has 148 valence electrons. The second kappa shape index (κ2) is 7.64. The lowest BCUT2D eigenvalue weighted by atomic mass is 9.93. The van der Waals surface area contributed by atoms with E-state index in [0.29, 0.717) is 31.2 Å². The highest BCUT2D eigenvalue weighted by atomic mass is 35.5. The van der Waals surface area contributed by atoms with Crippen LogP contribution in [0.2, 0.25) is 0 Å². The molecule has 1 heterocycles. The van der Waals surface area contributed by atoms with Crippen LogP contribution in [0.15, 0.2) is 42.5 Å². The molecule has 2 aliphatic rings. The van der Waals surface area contributed by atoms with Gasteiger partial charge in [0.05, 0.1) is 20.3 Å². The van der Waals surface area contributed by atoms with Gasteiger partial charge in [0.15, 0.2) is 11.5 Å². The van der Waals surface area contributed by atoms with Gasteiger partial charge in [-0.1, -0.05) is 30.3 Å². The highest BCUT2D eigenvalue weighted by Crippen LogP contribution is 2.38. The lowest BCUT2D eigenvalue weighted by molar-refractivity contribution is -0.0885. The average Bonchev–Trinajstić information content (AvgIpc) is 3.10. The van der Waals surface area contributed by atoms with E-state index in [-0.39, 0.29) is 6.10 Å². The van der Waals surface area contributed by atoms with Crippen molar-refractivity contribution < 1.29 is 19.0 Å². The zero-order chi connectivity index (χ0) is 19.7. The first-order chi connectivity index (χ1) is 13.5. The van der Waals surface area contributed by atoms with E-state index in [9.17, 15) is 4.79 Å². The van der Waals surface area contributed by atoms with Gasteiger partial charge in [0.25, 0.3) is 0 Å². The minimum atomic E-state index is -0.647. The minimum absolute atomic E-state index is 0.0718. The molecule has 0 radical (unpaired) electrons. The molecule has 5 nitrogen and oxygen atoms in total. The molecule has 6 heteroatoms. The summed E-state index contributed by atoms with van der Waals surface area (Å²) < 4.78 is 17.9. The fraction of sp³-hybridized carbons (Fsp3) is 0.409. The molecule has 1 amide bonds. The average molecular weight is 402 g/mol. The molecule has 1 fully saturated rings. The number of halogens is 1. The number of morpholine rings is 1. The first kappa shape index (κ1) is 19.1. The summed E-state index contributed by atoms with van der Waals surface area (Å²) in [5.41, 5.74) is 2.95. The first-order valence-corrected chi connectivity index (χ1v) is 9.86. The quantitative estimate of drug-likeness (QED) is 0.570. The van der Waals surface area contributed by atoms with Crippen molar-refractivity contribution in [1.82, 2.24) is 4.90 Å². The summed E-state index contributed by atoms with van der Waals surface area (Å²) in [6.07, 6.45) is 1.83. The van der Waals surface area contributed by atoms with Crippen molar-refractivity contribution in [1.29, 1.82) is 0 Å². The van der Waals surface area contributed by atoms with E-state index < -0.39 is 11.0 Å². The molecule has 4 rings (SSSR count). The van der Waals surface area contributed by atoms with Gasteiger partial charge in [-0.15, -0.1) is 0 Å². The number of benzene rings is 2. The lowest BCUT2D eigenvalue weighted by Gasteiger charge is -2.40. The molecule has 0 N–H and O–H groups in total. The highest BCUT2D eigenvalue weighted by Gasteiger charge is 2.36. The summed E-state index contributed by atoms with van der Waals surface area (Å²) in [4.78, 5) is 13.2. The molecule has 0 aromatic heterocycles. The van der Waals surface area contributed by atoms with Gasteiger partial charge in [0.1, 0.15) is 11.7 Å². The Morgan fingerprint density at radius 2 is 1.89 bits per heavy atom.